The van der Waals surface area contributed by atoms with Crippen molar-refractivity contribution in [1.82, 2.24) is 5.32 Å². The lowest BCUT2D eigenvalue weighted by molar-refractivity contribution is 0.442. The summed E-state index contributed by atoms with van der Waals surface area (Å²) in [7, 11) is -0.566. The number of hydrogen-bond donors (Lipinski definition) is 1. The molecule has 1 N–H and O–H groups in total. The van der Waals surface area contributed by atoms with Gasteiger partial charge < -0.3 is 5.32 Å². The molecule has 1 rings (SSSR count). The van der Waals surface area contributed by atoms with Crippen molar-refractivity contribution >= 4 is 10.8 Å². The first-order chi connectivity index (χ1) is 5.72. The molecule has 0 aromatic rings. The van der Waals surface area contributed by atoms with E-state index in [1.807, 2.05) is 0 Å². The molecule has 1 fully saturated rings. The van der Waals surface area contributed by atoms with Crippen LogP contribution < -0.4 is 5.32 Å². The molecule has 0 aromatic carbocycles. The SMILES string of the molecule is CCCC[C@H]1C[S@](=O)C[C@H](C)N1. The molecule has 3 atom stereocenters. The Morgan fingerprint density at radius 3 is 2.83 bits per heavy atom. The fourth-order valence-electron chi connectivity index (χ4n) is 1.69. The van der Waals surface area contributed by atoms with E-state index >= 15 is 0 Å². The number of hydrogen-bond acceptors (Lipinski definition) is 2. The molecule has 72 valence electrons. The summed E-state index contributed by atoms with van der Waals surface area (Å²) >= 11 is 0. The monoisotopic (exact) mass is 189 g/mol. The van der Waals surface area contributed by atoms with Crippen LogP contribution in [0.5, 0.6) is 0 Å². The summed E-state index contributed by atoms with van der Waals surface area (Å²) in [5, 5.41) is 3.49. The molecule has 12 heavy (non-hydrogen) atoms. The summed E-state index contributed by atoms with van der Waals surface area (Å²) in [6, 6.07) is 0.955. The molecule has 0 saturated carbocycles. The number of unbranched alkanes of at least 4 members (excludes halogenated alkanes) is 1. The Kier molecular flexibility index (Phi) is 4.22. The average Bonchev–Trinajstić information content (AvgIpc) is 1.99. The fourth-order valence-corrected chi connectivity index (χ4v) is 3.19. The molecule has 0 aliphatic carbocycles. The fraction of sp³-hybridized carbons (Fsp3) is 1.00. The van der Waals surface area contributed by atoms with Crippen LogP contribution in [0.2, 0.25) is 0 Å². The van der Waals surface area contributed by atoms with Gasteiger partial charge in [0.25, 0.3) is 0 Å². The van der Waals surface area contributed by atoms with Crippen LogP contribution in [-0.2, 0) is 10.8 Å². The Hall–Kier alpha value is 0.110. The molecule has 1 saturated heterocycles. The van der Waals surface area contributed by atoms with Gasteiger partial charge >= 0.3 is 0 Å². The second-order valence-corrected chi connectivity index (χ2v) is 5.23. The van der Waals surface area contributed by atoms with Crippen molar-refractivity contribution < 1.29 is 4.21 Å². The Morgan fingerprint density at radius 1 is 1.50 bits per heavy atom. The van der Waals surface area contributed by atoms with Gasteiger partial charge in [-0.2, -0.15) is 0 Å². The molecule has 0 bridgehead atoms. The van der Waals surface area contributed by atoms with Crippen LogP contribution in [0, 0.1) is 0 Å². The van der Waals surface area contributed by atoms with E-state index in [1.54, 1.807) is 0 Å². The maximum Gasteiger partial charge on any atom is 0.0389 e. The van der Waals surface area contributed by atoms with Crippen molar-refractivity contribution in [3.63, 3.8) is 0 Å². The number of nitrogens with one attached hydrogen (secondary N) is 1. The highest BCUT2D eigenvalue weighted by Gasteiger charge is 2.21. The normalized spacial score (nSPS) is 36.7. The third-order valence-electron chi connectivity index (χ3n) is 2.25. The van der Waals surface area contributed by atoms with Gasteiger partial charge in [-0.3, -0.25) is 4.21 Å². The van der Waals surface area contributed by atoms with E-state index in [9.17, 15) is 4.21 Å². The van der Waals surface area contributed by atoms with Crippen LogP contribution >= 0.6 is 0 Å². The zero-order valence-electron chi connectivity index (χ0n) is 8.01. The van der Waals surface area contributed by atoms with Crippen molar-refractivity contribution in [3.8, 4) is 0 Å². The van der Waals surface area contributed by atoms with Crippen LogP contribution in [0.15, 0.2) is 0 Å². The smallest absolute Gasteiger partial charge is 0.0389 e. The average molecular weight is 189 g/mol. The Morgan fingerprint density at radius 2 is 2.25 bits per heavy atom. The quantitative estimate of drug-likeness (QED) is 0.725. The van der Waals surface area contributed by atoms with Crippen molar-refractivity contribution in [2.75, 3.05) is 11.5 Å². The molecule has 3 heteroatoms. The van der Waals surface area contributed by atoms with Gasteiger partial charge in [-0.15, -0.1) is 0 Å². The first-order valence-corrected chi connectivity index (χ1v) is 6.32. The van der Waals surface area contributed by atoms with E-state index in [0.717, 1.165) is 11.5 Å². The molecule has 0 spiro atoms. The molecule has 0 amide bonds. The van der Waals surface area contributed by atoms with E-state index in [1.165, 1.54) is 19.3 Å². The van der Waals surface area contributed by atoms with E-state index < -0.39 is 10.8 Å². The molecule has 2 nitrogen and oxygen atoms in total. The van der Waals surface area contributed by atoms with Gasteiger partial charge in [0.05, 0.1) is 0 Å². The Balaban J connectivity index is 2.29. The number of rotatable bonds is 3. The topological polar surface area (TPSA) is 29.1 Å². The molecule has 1 aliphatic heterocycles. The second kappa shape index (κ2) is 4.97. The molecule has 0 aromatic heterocycles. The summed E-state index contributed by atoms with van der Waals surface area (Å²) < 4.78 is 11.3. The lowest BCUT2D eigenvalue weighted by Gasteiger charge is -2.28. The summed E-state index contributed by atoms with van der Waals surface area (Å²) in [5.74, 6) is 1.70. The van der Waals surface area contributed by atoms with Crippen molar-refractivity contribution in [1.29, 1.82) is 0 Å². The van der Waals surface area contributed by atoms with Crippen LogP contribution in [0.1, 0.15) is 33.1 Å². The highest BCUT2D eigenvalue weighted by atomic mass is 32.2. The lowest BCUT2D eigenvalue weighted by atomic mass is 10.1. The molecular formula is C9H19NOS. The third-order valence-corrected chi connectivity index (χ3v) is 3.90. The van der Waals surface area contributed by atoms with Gasteiger partial charge in [0.2, 0.25) is 0 Å². The first kappa shape index (κ1) is 10.2. The predicted octanol–water partition coefficient (Wildman–Crippen LogP) is 1.29. The van der Waals surface area contributed by atoms with E-state index in [-0.39, 0.29) is 0 Å². The zero-order chi connectivity index (χ0) is 8.97. The highest BCUT2D eigenvalue weighted by molar-refractivity contribution is 7.85. The summed E-state index contributed by atoms with van der Waals surface area (Å²) in [6.07, 6.45) is 3.67. The van der Waals surface area contributed by atoms with Crippen molar-refractivity contribution in [3.05, 3.63) is 0 Å². The van der Waals surface area contributed by atoms with Gasteiger partial charge in [-0.1, -0.05) is 19.8 Å². The summed E-state index contributed by atoms with van der Waals surface area (Å²) in [4.78, 5) is 0. The maximum absolute atomic E-state index is 11.3. The van der Waals surface area contributed by atoms with Gasteiger partial charge in [0.1, 0.15) is 0 Å². The van der Waals surface area contributed by atoms with Crippen molar-refractivity contribution in [2.45, 2.75) is 45.2 Å². The van der Waals surface area contributed by atoms with Gasteiger partial charge in [-0.25, -0.2) is 0 Å². The van der Waals surface area contributed by atoms with Crippen LogP contribution in [0.3, 0.4) is 0 Å². The van der Waals surface area contributed by atoms with Crippen molar-refractivity contribution in [2.24, 2.45) is 0 Å². The largest absolute Gasteiger partial charge is 0.310 e. The molecular weight excluding hydrogens is 170 g/mol. The van der Waals surface area contributed by atoms with Crippen LogP contribution in [-0.4, -0.2) is 27.8 Å². The highest BCUT2D eigenvalue weighted by Crippen LogP contribution is 2.08. The molecule has 0 radical (unpaired) electrons. The van der Waals surface area contributed by atoms with Crippen LogP contribution in [0.4, 0.5) is 0 Å². The van der Waals surface area contributed by atoms with Gasteiger partial charge in [0, 0.05) is 34.4 Å². The minimum atomic E-state index is -0.566. The van der Waals surface area contributed by atoms with E-state index in [0.29, 0.717) is 12.1 Å². The van der Waals surface area contributed by atoms with Gasteiger partial charge in [-0.05, 0) is 13.3 Å². The van der Waals surface area contributed by atoms with E-state index in [4.69, 9.17) is 0 Å². The summed E-state index contributed by atoms with van der Waals surface area (Å²) in [5.41, 5.74) is 0. The molecule has 1 heterocycles. The minimum Gasteiger partial charge on any atom is -0.310 e. The lowest BCUT2D eigenvalue weighted by Crippen LogP contribution is -2.48. The third kappa shape index (κ3) is 3.23. The minimum absolute atomic E-state index is 0.446. The Bertz CT molecular complexity index is 161. The summed E-state index contributed by atoms with van der Waals surface area (Å²) in [6.45, 7) is 4.32. The maximum atomic E-state index is 11.3. The molecule has 0 unspecified atom stereocenters. The molecule has 1 aliphatic rings. The van der Waals surface area contributed by atoms with Gasteiger partial charge in [0.15, 0.2) is 0 Å². The second-order valence-electron chi connectivity index (χ2n) is 3.68. The zero-order valence-corrected chi connectivity index (χ0v) is 8.82. The standard InChI is InChI=1S/C9H19NOS/c1-3-4-5-9-7-12(11)6-8(2)10-9/h8-10H,3-7H2,1-2H3/t8-,9-,12+/m0/s1. The predicted molar refractivity (Wildman–Crippen MR) is 53.8 cm³/mol. The van der Waals surface area contributed by atoms with E-state index in [2.05, 4.69) is 19.2 Å². The first-order valence-electron chi connectivity index (χ1n) is 4.83. The van der Waals surface area contributed by atoms with Crippen LogP contribution in [0.25, 0.3) is 0 Å². The Labute approximate surface area is 77.6 Å².